The van der Waals surface area contributed by atoms with Gasteiger partial charge in [-0.25, -0.2) is 8.78 Å². The fraction of sp³-hybridized carbons (Fsp3) is 0.400. The molecule has 0 saturated heterocycles. The predicted molar refractivity (Wildman–Crippen MR) is 94.9 cm³/mol. The third kappa shape index (κ3) is 6.83. The first-order chi connectivity index (χ1) is 12.2. The number of aromatic nitrogens is 1. The summed E-state index contributed by atoms with van der Waals surface area (Å²) in [5.74, 6) is -1.11. The van der Waals surface area contributed by atoms with Crippen LogP contribution in [0.25, 0.3) is 0 Å². The quantitative estimate of drug-likeness (QED) is 0.442. The van der Waals surface area contributed by atoms with Gasteiger partial charge in [-0.3, -0.25) is 15.2 Å². The van der Waals surface area contributed by atoms with Crippen LogP contribution < -0.4 is 5.32 Å². The van der Waals surface area contributed by atoms with E-state index in [2.05, 4.69) is 10.3 Å². The maximum Gasteiger partial charge on any atom is 0.353 e. The second-order valence-corrected chi connectivity index (χ2v) is 6.45. The summed E-state index contributed by atoms with van der Waals surface area (Å²) in [6, 6.07) is 3.37. The van der Waals surface area contributed by atoms with Crippen LogP contribution in [0.3, 0.4) is 0 Å². The number of carbonyl (C=O) groups excluding carboxylic acids is 1. The van der Waals surface area contributed by atoms with Crippen molar-refractivity contribution in [2.24, 2.45) is 0 Å². The van der Waals surface area contributed by atoms with E-state index in [0.29, 0.717) is 5.69 Å². The van der Waals surface area contributed by atoms with Gasteiger partial charge in [0.05, 0.1) is 17.6 Å². The average Bonchev–Trinajstić information content (AvgIpc) is 2.58. The Hall–Kier alpha value is -1.81. The topological polar surface area (TPSA) is 69.1 Å². The molecule has 1 amide bonds. The van der Waals surface area contributed by atoms with E-state index >= 15 is 0 Å². The number of rotatable bonds is 10. The van der Waals surface area contributed by atoms with E-state index < -0.39 is 34.9 Å². The second-order valence-electron chi connectivity index (χ2n) is 4.83. The molecule has 1 rings (SSSR count). The van der Waals surface area contributed by atoms with Crippen LogP contribution in [-0.4, -0.2) is 44.9 Å². The van der Waals surface area contributed by atoms with Crippen LogP contribution in [0.4, 0.5) is 23.2 Å². The normalized spacial score (nSPS) is 12.2. The maximum atomic E-state index is 12.9. The number of anilines is 1. The van der Waals surface area contributed by atoms with Crippen molar-refractivity contribution >= 4 is 40.1 Å². The fourth-order valence-corrected chi connectivity index (χ4v) is 2.64. The van der Waals surface area contributed by atoms with Crippen molar-refractivity contribution in [2.75, 3.05) is 17.6 Å². The summed E-state index contributed by atoms with van der Waals surface area (Å²) >= 11 is 5.43. The van der Waals surface area contributed by atoms with Crippen LogP contribution in [0.2, 0.25) is 0 Å². The molecule has 0 aliphatic rings. The molecular weight excluding hydrogens is 396 g/mol. The Morgan fingerprint density at radius 1 is 1.54 bits per heavy atom. The third-order valence-electron chi connectivity index (χ3n) is 3.03. The van der Waals surface area contributed by atoms with E-state index in [1.807, 2.05) is 0 Å². The first kappa shape index (κ1) is 22.2. The lowest BCUT2D eigenvalue weighted by Crippen LogP contribution is -2.33. The van der Waals surface area contributed by atoms with Gasteiger partial charge in [-0.2, -0.15) is 8.78 Å². The lowest BCUT2D eigenvalue weighted by atomic mass is 10.3. The molecule has 11 heteroatoms. The van der Waals surface area contributed by atoms with Crippen LogP contribution in [0.1, 0.15) is 13.3 Å². The zero-order chi connectivity index (χ0) is 19.7. The van der Waals surface area contributed by atoms with Gasteiger partial charge in [0.2, 0.25) is 5.91 Å². The van der Waals surface area contributed by atoms with E-state index in [0.717, 1.165) is 4.90 Å². The van der Waals surface area contributed by atoms with E-state index in [1.54, 1.807) is 25.3 Å². The summed E-state index contributed by atoms with van der Waals surface area (Å²) in [7, 11) is 0. The lowest BCUT2D eigenvalue weighted by molar-refractivity contribution is -0.128. The summed E-state index contributed by atoms with van der Waals surface area (Å²) in [5, 5.41) is 5.77. The van der Waals surface area contributed by atoms with Crippen LogP contribution in [0, 0.1) is 5.41 Å². The number of amides is 1. The average molecular weight is 413 g/mol. The number of hydrogen-bond acceptors (Lipinski definition) is 5. The SMILES string of the molecule is CCN(C(=O)CCSC(F)(F)C(F)F)/C(=C/Nc1cccnc1)C(=N)Cl. The van der Waals surface area contributed by atoms with Crippen LogP contribution in [0.5, 0.6) is 0 Å². The molecule has 0 aliphatic carbocycles. The number of nitrogens with one attached hydrogen (secondary N) is 2. The number of halogens is 5. The van der Waals surface area contributed by atoms with Gasteiger partial charge >= 0.3 is 11.7 Å². The number of hydrogen-bond donors (Lipinski definition) is 2. The van der Waals surface area contributed by atoms with Crippen molar-refractivity contribution in [2.45, 2.75) is 25.0 Å². The van der Waals surface area contributed by atoms with E-state index in [-0.39, 0.29) is 24.0 Å². The monoisotopic (exact) mass is 412 g/mol. The molecule has 0 saturated carbocycles. The highest BCUT2D eigenvalue weighted by molar-refractivity contribution is 8.00. The second kappa shape index (κ2) is 10.4. The number of carbonyl (C=O) groups is 1. The van der Waals surface area contributed by atoms with Gasteiger partial charge in [-0.15, -0.1) is 0 Å². The zero-order valence-corrected chi connectivity index (χ0v) is 15.3. The van der Waals surface area contributed by atoms with Crippen molar-refractivity contribution in [3.05, 3.63) is 36.4 Å². The minimum absolute atomic E-state index is 0.0219. The summed E-state index contributed by atoms with van der Waals surface area (Å²) in [6.45, 7) is 1.72. The standard InChI is InChI=1S/C15H17ClF4N4OS/c1-2-24(12(25)5-7-26-15(19,20)14(17)18)11(13(16)21)9-23-10-4-3-6-22-8-10/h3-4,6,8-9,14,21,23H,2,5,7H2,1H3/b11-9+,21-13?. The molecule has 5 nitrogen and oxygen atoms in total. The van der Waals surface area contributed by atoms with Crippen LogP contribution >= 0.6 is 23.4 Å². The molecule has 2 N–H and O–H groups in total. The van der Waals surface area contributed by atoms with Crippen molar-refractivity contribution < 1.29 is 22.4 Å². The van der Waals surface area contributed by atoms with Crippen LogP contribution in [0.15, 0.2) is 36.4 Å². The number of nitrogens with zero attached hydrogens (tertiary/aromatic N) is 2. The van der Waals surface area contributed by atoms with Crippen molar-refractivity contribution in [3.8, 4) is 0 Å². The molecule has 0 aliphatic heterocycles. The molecule has 1 heterocycles. The van der Waals surface area contributed by atoms with Crippen molar-refractivity contribution in [1.29, 1.82) is 5.41 Å². The zero-order valence-electron chi connectivity index (χ0n) is 13.7. The molecule has 1 aromatic heterocycles. The Labute approximate surface area is 157 Å². The number of alkyl halides is 4. The lowest BCUT2D eigenvalue weighted by Gasteiger charge is -2.23. The number of thioether (sulfide) groups is 1. The molecule has 144 valence electrons. The highest BCUT2D eigenvalue weighted by Crippen LogP contribution is 2.35. The molecule has 0 bridgehead atoms. The molecule has 0 radical (unpaired) electrons. The Morgan fingerprint density at radius 3 is 2.73 bits per heavy atom. The first-order valence-electron chi connectivity index (χ1n) is 7.40. The Balaban J connectivity index is 2.77. The summed E-state index contributed by atoms with van der Waals surface area (Å²) in [4.78, 5) is 17.2. The summed E-state index contributed by atoms with van der Waals surface area (Å²) in [5.41, 5.74) is 0.604. The molecule has 0 atom stereocenters. The minimum atomic E-state index is -4.21. The van der Waals surface area contributed by atoms with Gasteiger partial charge < -0.3 is 10.2 Å². The van der Waals surface area contributed by atoms with Gasteiger partial charge in [-0.1, -0.05) is 23.4 Å². The molecule has 1 aromatic rings. The first-order valence-corrected chi connectivity index (χ1v) is 8.76. The molecule has 0 spiro atoms. The van der Waals surface area contributed by atoms with E-state index in [1.165, 1.54) is 12.4 Å². The predicted octanol–water partition coefficient (Wildman–Crippen LogP) is 4.38. The number of pyridine rings is 1. The van der Waals surface area contributed by atoms with Gasteiger partial charge in [0.1, 0.15) is 5.17 Å². The third-order valence-corrected chi connectivity index (χ3v) is 4.20. The highest BCUT2D eigenvalue weighted by atomic mass is 35.5. The summed E-state index contributed by atoms with van der Waals surface area (Å²) < 4.78 is 50.0. The number of allylic oxidation sites excluding steroid dienone is 1. The van der Waals surface area contributed by atoms with Crippen LogP contribution in [-0.2, 0) is 4.79 Å². The maximum absolute atomic E-state index is 12.9. The molecule has 0 unspecified atom stereocenters. The fourth-order valence-electron chi connectivity index (χ4n) is 1.81. The molecule has 0 fully saturated rings. The van der Waals surface area contributed by atoms with Gasteiger partial charge in [0, 0.05) is 31.1 Å². The molecule has 26 heavy (non-hydrogen) atoms. The molecule has 0 aromatic carbocycles. The highest BCUT2D eigenvalue weighted by Gasteiger charge is 2.41. The van der Waals surface area contributed by atoms with E-state index in [4.69, 9.17) is 17.0 Å². The van der Waals surface area contributed by atoms with Gasteiger partial charge in [-0.05, 0) is 19.1 Å². The van der Waals surface area contributed by atoms with Gasteiger partial charge in [0.15, 0.2) is 0 Å². The molecular formula is C15H17ClF4N4OS. The van der Waals surface area contributed by atoms with Gasteiger partial charge in [0.25, 0.3) is 0 Å². The Bertz CT molecular complexity index is 646. The summed E-state index contributed by atoms with van der Waals surface area (Å²) in [6.07, 6.45) is 0.172. The smallest absolute Gasteiger partial charge is 0.353 e. The largest absolute Gasteiger partial charge is 0.358 e. The van der Waals surface area contributed by atoms with E-state index in [9.17, 15) is 22.4 Å². The Morgan fingerprint density at radius 2 is 2.23 bits per heavy atom. The van der Waals surface area contributed by atoms with Crippen molar-refractivity contribution in [3.63, 3.8) is 0 Å². The van der Waals surface area contributed by atoms with Crippen molar-refractivity contribution in [1.82, 2.24) is 9.88 Å². The Kier molecular flexibility index (Phi) is 8.86. The minimum Gasteiger partial charge on any atom is -0.358 e.